The van der Waals surface area contributed by atoms with Crippen LogP contribution in [-0.4, -0.2) is 20.4 Å². The van der Waals surface area contributed by atoms with Gasteiger partial charge in [0.05, 0.1) is 10.6 Å². The predicted molar refractivity (Wildman–Crippen MR) is 111 cm³/mol. The molecule has 0 spiro atoms. The van der Waals surface area contributed by atoms with E-state index in [0.29, 0.717) is 5.82 Å². The highest BCUT2D eigenvalue weighted by Gasteiger charge is 2.51. The molecule has 8 heteroatoms. The summed E-state index contributed by atoms with van der Waals surface area (Å²) in [5.74, 6) is 2.78. The Morgan fingerprint density at radius 1 is 1.04 bits per heavy atom. The quantitative estimate of drug-likeness (QED) is 0.482. The molecular formula is C20H22BrN5O2. The predicted octanol–water partition coefficient (Wildman–Crippen LogP) is 5.27. The van der Waals surface area contributed by atoms with Crippen molar-refractivity contribution >= 4 is 38.9 Å². The minimum atomic E-state index is -0.387. The fraction of sp³-hybridized carbons (Fsp3) is 0.500. The standard InChI is InChI=1S/C20H22BrN5O2/c21-15-3-1-2-4-16(15)24-18-17(26(27)28)19(23-11-22-18)25-20-8-12-5-13(9-20)7-14(6-12)10-20/h1-4,11-14H,5-10H2,(H2,22,23,24,25). The van der Waals surface area contributed by atoms with Crippen LogP contribution in [0.25, 0.3) is 0 Å². The van der Waals surface area contributed by atoms with Gasteiger partial charge >= 0.3 is 5.69 Å². The molecule has 4 aliphatic rings. The molecule has 1 aromatic carbocycles. The van der Waals surface area contributed by atoms with Crippen LogP contribution in [0.1, 0.15) is 38.5 Å². The van der Waals surface area contributed by atoms with E-state index in [1.807, 2.05) is 24.3 Å². The van der Waals surface area contributed by atoms with Crippen molar-refractivity contribution < 1.29 is 4.92 Å². The topological polar surface area (TPSA) is 93.0 Å². The number of aromatic nitrogens is 2. The highest BCUT2D eigenvalue weighted by atomic mass is 79.9. The summed E-state index contributed by atoms with van der Waals surface area (Å²) in [6.45, 7) is 0. The number of hydrogen-bond acceptors (Lipinski definition) is 6. The molecule has 0 atom stereocenters. The Balaban J connectivity index is 1.48. The van der Waals surface area contributed by atoms with E-state index in [2.05, 4.69) is 36.5 Å². The number of hydrogen-bond donors (Lipinski definition) is 2. The Morgan fingerprint density at radius 3 is 2.25 bits per heavy atom. The zero-order valence-electron chi connectivity index (χ0n) is 15.4. The summed E-state index contributed by atoms with van der Waals surface area (Å²) in [6.07, 6.45) is 8.63. The molecule has 2 N–H and O–H groups in total. The van der Waals surface area contributed by atoms with Gasteiger partial charge in [-0.1, -0.05) is 12.1 Å². The van der Waals surface area contributed by atoms with Gasteiger partial charge in [0.1, 0.15) is 6.33 Å². The summed E-state index contributed by atoms with van der Waals surface area (Å²) < 4.78 is 0.818. The first-order chi connectivity index (χ1) is 13.5. The zero-order valence-corrected chi connectivity index (χ0v) is 17.0. The lowest BCUT2D eigenvalue weighted by Crippen LogP contribution is -2.55. The summed E-state index contributed by atoms with van der Waals surface area (Å²) in [4.78, 5) is 20.0. The van der Waals surface area contributed by atoms with Gasteiger partial charge in [-0.25, -0.2) is 9.97 Å². The van der Waals surface area contributed by atoms with E-state index < -0.39 is 0 Å². The van der Waals surface area contributed by atoms with Crippen LogP contribution >= 0.6 is 15.9 Å². The Kier molecular flexibility index (Phi) is 4.26. The number of nitro groups is 1. The summed E-state index contributed by atoms with van der Waals surface area (Å²) in [5, 5.41) is 18.6. The SMILES string of the molecule is O=[N+]([O-])c1c(Nc2ccccc2Br)ncnc1NC12CC3CC(CC(C3)C1)C2. The van der Waals surface area contributed by atoms with E-state index in [1.165, 1.54) is 25.6 Å². The Morgan fingerprint density at radius 2 is 1.64 bits per heavy atom. The number of nitrogens with one attached hydrogen (secondary N) is 2. The van der Waals surface area contributed by atoms with Gasteiger partial charge in [0.15, 0.2) is 0 Å². The molecule has 28 heavy (non-hydrogen) atoms. The number of benzene rings is 1. The molecule has 0 saturated heterocycles. The van der Waals surface area contributed by atoms with Gasteiger partial charge in [0.25, 0.3) is 0 Å². The van der Waals surface area contributed by atoms with Gasteiger partial charge in [0, 0.05) is 10.0 Å². The molecular weight excluding hydrogens is 422 g/mol. The second kappa shape index (κ2) is 6.69. The zero-order chi connectivity index (χ0) is 19.3. The van der Waals surface area contributed by atoms with Crippen molar-refractivity contribution in [3.63, 3.8) is 0 Å². The van der Waals surface area contributed by atoms with Crippen molar-refractivity contribution in [3.8, 4) is 0 Å². The second-order valence-electron chi connectivity index (χ2n) is 8.60. The van der Waals surface area contributed by atoms with E-state index in [1.54, 1.807) is 0 Å². The molecule has 0 amide bonds. The summed E-state index contributed by atoms with van der Waals surface area (Å²) >= 11 is 3.47. The molecule has 6 rings (SSSR count). The Labute approximate surface area is 171 Å². The smallest absolute Gasteiger partial charge is 0.353 e. The fourth-order valence-corrected chi connectivity index (χ4v) is 6.32. The maximum absolute atomic E-state index is 11.9. The molecule has 0 aliphatic heterocycles. The van der Waals surface area contributed by atoms with Crippen molar-refractivity contribution in [2.75, 3.05) is 10.6 Å². The first-order valence-electron chi connectivity index (χ1n) is 9.80. The summed E-state index contributed by atoms with van der Waals surface area (Å²) in [6, 6.07) is 7.49. The van der Waals surface area contributed by atoms with E-state index in [-0.39, 0.29) is 22.0 Å². The van der Waals surface area contributed by atoms with Gasteiger partial charge < -0.3 is 10.6 Å². The minimum absolute atomic E-state index is 0.0571. The van der Waals surface area contributed by atoms with Gasteiger partial charge in [-0.3, -0.25) is 10.1 Å². The van der Waals surface area contributed by atoms with Crippen molar-refractivity contribution in [2.45, 2.75) is 44.1 Å². The molecule has 2 aromatic rings. The molecule has 4 fully saturated rings. The molecule has 1 heterocycles. The van der Waals surface area contributed by atoms with Gasteiger partial charge in [0.2, 0.25) is 11.6 Å². The van der Waals surface area contributed by atoms with Crippen LogP contribution in [0.3, 0.4) is 0 Å². The van der Waals surface area contributed by atoms with Gasteiger partial charge in [-0.15, -0.1) is 0 Å². The average molecular weight is 444 g/mol. The maximum Gasteiger partial charge on any atom is 0.353 e. The molecule has 4 saturated carbocycles. The molecule has 146 valence electrons. The molecule has 4 aliphatic carbocycles. The van der Waals surface area contributed by atoms with Crippen molar-refractivity contribution in [1.82, 2.24) is 9.97 Å². The van der Waals surface area contributed by atoms with Crippen LogP contribution in [0.2, 0.25) is 0 Å². The van der Waals surface area contributed by atoms with Crippen LogP contribution < -0.4 is 10.6 Å². The second-order valence-corrected chi connectivity index (χ2v) is 9.46. The normalized spacial score (nSPS) is 30.2. The van der Waals surface area contributed by atoms with Crippen LogP contribution in [0.5, 0.6) is 0 Å². The molecule has 1 aromatic heterocycles. The first-order valence-corrected chi connectivity index (χ1v) is 10.6. The summed E-state index contributed by atoms with van der Waals surface area (Å²) in [5.41, 5.74) is 0.581. The monoisotopic (exact) mass is 443 g/mol. The average Bonchev–Trinajstić information content (AvgIpc) is 2.62. The van der Waals surface area contributed by atoms with Crippen molar-refractivity contribution in [2.24, 2.45) is 17.8 Å². The molecule has 0 unspecified atom stereocenters. The van der Waals surface area contributed by atoms with Crippen molar-refractivity contribution in [1.29, 1.82) is 0 Å². The van der Waals surface area contributed by atoms with Crippen LogP contribution in [0.15, 0.2) is 35.1 Å². The lowest BCUT2D eigenvalue weighted by Gasteiger charge is -2.57. The minimum Gasteiger partial charge on any atom is -0.359 e. The number of anilines is 3. The van der Waals surface area contributed by atoms with Crippen LogP contribution in [0.4, 0.5) is 23.0 Å². The summed E-state index contributed by atoms with van der Waals surface area (Å²) in [7, 11) is 0. The van der Waals surface area contributed by atoms with E-state index in [4.69, 9.17) is 0 Å². The molecule has 4 bridgehead atoms. The Hall–Kier alpha value is -2.22. The first kappa shape index (κ1) is 17.8. The largest absolute Gasteiger partial charge is 0.359 e. The van der Waals surface area contributed by atoms with Gasteiger partial charge in [-0.2, -0.15) is 0 Å². The number of para-hydroxylation sites is 1. The molecule has 0 radical (unpaired) electrons. The lowest BCUT2D eigenvalue weighted by atomic mass is 9.53. The van der Waals surface area contributed by atoms with Crippen molar-refractivity contribution in [3.05, 3.63) is 45.2 Å². The third-order valence-electron chi connectivity index (χ3n) is 6.55. The van der Waals surface area contributed by atoms with E-state index in [9.17, 15) is 10.1 Å². The lowest BCUT2D eigenvalue weighted by molar-refractivity contribution is -0.383. The maximum atomic E-state index is 11.9. The van der Waals surface area contributed by atoms with Crippen LogP contribution in [0, 0.1) is 27.9 Å². The fourth-order valence-electron chi connectivity index (χ4n) is 5.94. The molecule has 7 nitrogen and oxygen atoms in total. The third kappa shape index (κ3) is 3.13. The number of halogens is 1. The highest BCUT2D eigenvalue weighted by Crippen LogP contribution is 2.57. The third-order valence-corrected chi connectivity index (χ3v) is 7.25. The number of nitrogens with zero attached hydrogens (tertiary/aromatic N) is 3. The van der Waals surface area contributed by atoms with Crippen LogP contribution in [-0.2, 0) is 0 Å². The van der Waals surface area contributed by atoms with E-state index >= 15 is 0 Å². The van der Waals surface area contributed by atoms with E-state index in [0.717, 1.165) is 47.2 Å². The van der Waals surface area contributed by atoms with Gasteiger partial charge in [-0.05, 0) is 84.3 Å². The highest BCUT2D eigenvalue weighted by molar-refractivity contribution is 9.10. The Bertz CT molecular complexity index is 899. The number of rotatable bonds is 5.